The predicted molar refractivity (Wildman–Crippen MR) is 90.6 cm³/mol. The standard InChI is InChI=1S/C18H33NO2/c1-3-5-7-9-11-13-15-19(17-18(20)21)16-14-12-10-8-6-4-2/h3-6H,7-17H2,1-2H3,(H,20,21)/b5-3+,6-4+. The van der Waals surface area contributed by atoms with Crippen LogP contribution in [-0.4, -0.2) is 35.6 Å². The smallest absolute Gasteiger partial charge is 0.317 e. The van der Waals surface area contributed by atoms with Crippen LogP contribution in [0.4, 0.5) is 0 Å². The number of carbonyl (C=O) groups is 1. The summed E-state index contributed by atoms with van der Waals surface area (Å²) in [6.45, 7) is 6.10. The van der Waals surface area contributed by atoms with Crippen LogP contribution in [0.1, 0.15) is 65.2 Å². The number of carboxylic acids is 1. The molecule has 0 atom stereocenters. The molecule has 1 N–H and O–H groups in total. The number of hydrogen-bond acceptors (Lipinski definition) is 2. The van der Waals surface area contributed by atoms with Crippen LogP contribution in [0.15, 0.2) is 24.3 Å². The van der Waals surface area contributed by atoms with Crippen molar-refractivity contribution in [2.45, 2.75) is 65.2 Å². The topological polar surface area (TPSA) is 40.5 Å². The lowest BCUT2D eigenvalue weighted by molar-refractivity contribution is -0.138. The molecule has 0 amide bonds. The number of rotatable bonds is 14. The zero-order valence-electron chi connectivity index (χ0n) is 13.9. The molecule has 3 nitrogen and oxygen atoms in total. The van der Waals surface area contributed by atoms with Crippen molar-refractivity contribution in [2.24, 2.45) is 0 Å². The highest BCUT2D eigenvalue weighted by Gasteiger charge is 2.08. The van der Waals surface area contributed by atoms with E-state index >= 15 is 0 Å². The van der Waals surface area contributed by atoms with Crippen molar-refractivity contribution in [1.29, 1.82) is 0 Å². The maximum atomic E-state index is 10.9. The third-order valence-corrected chi connectivity index (χ3v) is 3.52. The van der Waals surface area contributed by atoms with Gasteiger partial charge in [-0.15, -0.1) is 0 Å². The Morgan fingerprint density at radius 3 is 1.71 bits per heavy atom. The summed E-state index contributed by atoms with van der Waals surface area (Å²) in [5, 5.41) is 8.97. The molecule has 0 fully saturated rings. The third-order valence-electron chi connectivity index (χ3n) is 3.52. The van der Waals surface area contributed by atoms with Gasteiger partial charge in [0, 0.05) is 0 Å². The molecule has 0 rings (SSSR count). The molecule has 0 aromatic heterocycles. The van der Waals surface area contributed by atoms with E-state index in [2.05, 4.69) is 29.2 Å². The van der Waals surface area contributed by atoms with Crippen LogP contribution in [0.5, 0.6) is 0 Å². The number of aliphatic carboxylic acids is 1. The van der Waals surface area contributed by atoms with E-state index in [1.54, 1.807) is 0 Å². The fraction of sp³-hybridized carbons (Fsp3) is 0.722. The lowest BCUT2D eigenvalue weighted by Gasteiger charge is -2.20. The van der Waals surface area contributed by atoms with E-state index in [-0.39, 0.29) is 6.54 Å². The van der Waals surface area contributed by atoms with Gasteiger partial charge < -0.3 is 5.11 Å². The molecule has 0 radical (unpaired) electrons. The third kappa shape index (κ3) is 15.1. The fourth-order valence-electron chi connectivity index (χ4n) is 2.34. The van der Waals surface area contributed by atoms with Crippen LogP contribution in [0.2, 0.25) is 0 Å². The number of carboxylic acid groups (broad SMARTS) is 1. The molecular formula is C18H33NO2. The summed E-state index contributed by atoms with van der Waals surface area (Å²) in [6, 6.07) is 0. The number of nitrogens with zero attached hydrogens (tertiary/aromatic N) is 1. The van der Waals surface area contributed by atoms with Crippen molar-refractivity contribution in [3.63, 3.8) is 0 Å². The summed E-state index contributed by atoms with van der Waals surface area (Å²) < 4.78 is 0. The second kappa shape index (κ2) is 15.3. The first kappa shape index (κ1) is 19.9. The Bertz CT molecular complexity index is 276. The van der Waals surface area contributed by atoms with Crippen molar-refractivity contribution in [2.75, 3.05) is 19.6 Å². The van der Waals surface area contributed by atoms with Crippen LogP contribution in [0, 0.1) is 0 Å². The molecule has 0 saturated carbocycles. The molecular weight excluding hydrogens is 262 g/mol. The summed E-state index contributed by atoms with van der Waals surface area (Å²) in [4.78, 5) is 13.0. The summed E-state index contributed by atoms with van der Waals surface area (Å²) in [7, 11) is 0. The Labute approximate surface area is 130 Å². The van der Waals surface area contributed by atoms with Gasteiger partial charge in [0.05, 0.1) is 6.54 Å². The second-order valence-corrected chi connectivity index (χ2v) is 5.51. The zero-order chi connectivity index (χ0) is 15.8. The van der Waals surface area contributed by atoms with Gasteiger partial charge in [0.25, 0.3) is 0 Å². The molecule has 0 spiro atoms. The molecule has 0 aliphatic carbocycles. The average molecular weight is 295 g/mol. The van der Waals surface area contributed by atoms with Gasteiger partial charge in [-0.1, -0.05) is 37.1 Å². The molecule has 0 aliphatic heterocycles. The second-order valence-electron chi connectivity index (χ2n) is 5.51. The van der Waals surface area contributed by atoms with Gasteiger partial charge in [0.1, 0.15) is 0 Å². The van der Waals surface area contributed by atoms with Crippen LogP contribution in [0.25, 0.3) is 0 Å². The summed E-state index contributed by atoms with van der Waals surface area (Å²) in [6.07, 6.45) is 17.8. The quantitative estimate of drug-likeness (QED) is 0.375. The van der Waals surface area contributed by atoms with Gasteiger partial charge in [-0.25, -0.2) is 0 Å². The van der Waals surface area contributed by atoms with Crippen molar-refractivity contribution in [3.8, 4) is 0 Å². The largest absolute Gasteiger partial charge is 0.480 e. The predicted octanol–water partition coefficient (Wildman–Crippen LogP) is 4.65. The molecule has 0 bridgehead atoms. The lowest BCUT2D eigenvalue weighted by Crippen LogP contribution is -2.31. The Kier molecular flexibility index (Phi) is 14.5. The van der Waals surface area contributed by atoms with Crippen LogP contribution in [-0.2, 0) is 4.79 Å². The molecule has 122 valence electrons. The first-order valence-electron chi connectivity index (χ1n) is 8.37. The van der Waals surface area contributed by atoms with Gasteiger partial charge in [-0.3, -0.25) is 9.69 Å². The molecule has 0 saturated heterocycles. The van der Waals surface area contributed by atoms with Gasteiger partial charge in [0.2, 0.25) is 0 Å². The fourth-order valence-corrected chi connectivity index (χ4v) is 2.34. The minimum Gasteiger partial charge on any atom is -0.480 e. The maximum absolute atomic E-state index is 10.9. The lowest BCUT2D eigenvalue weighted by atomic mass is 10.1. The minimum atomic E-state index is -0.710. The summed E-state index contributed by atoms with van der Waals surface area (Å²) in [5.41, 5.74) is 0. The van der Waals surface area contributed by atoms with Crippen molar-refractivity contribution >= 4 is 5.97 Å². The first-order chi connectivity index (χ1) is 10.2. The number of unbranched alkanes of at least 4 members (excludes halogenated alkanes) is 6. The van der Waals surface area contributed by atoms with E-state index in [1.165, 1.54) is 25.7 Å². The van der Waals surface area contributed by atoms with Crippen LogP contribution >= 0.6 is 0 Å². The molecule has 0 aromatic carbocycles. The Hall–Kier alpha value is -1.09. The van der Waals surface area contributed by atoms with Crippen LogP contribution in [0.3, 0.4) is 0 Å². The highest BCUT2D eigenvalue weighted by molar-refractivity contribution is 5.69. The molecule has 3 heteroatoms. The SMILES string of the molecule is C/C=C/CCCCCN(CCCCC/C=C/C)CC(=O)O. The van der Waals surface area contributed by atoms with Crippen molar-refractivity contribution < 1.29 is 9.90 Å². The van der Waals surface area contributed by atoms with Gasteiger partial charge >= 0.3 is 5.97 Å². The summed E-state index contributed by atoms with van der Waals surface area (Å²) >= 11 is 0. The van der Waals surface area contributed by atoms with E-state index in [9.17, 15) is 4.79 Å². The Balaban J connectivity index is 3.73. The number of hydrogen-bond donors (Lipinski definition) is 1. The molecule has 0 unspecified atom stereocenters. The minimum absolute atomic E-state index is 0.184. The normalized spacial score (nSPS) is 12.0. The molecule has 21 heavy (non-hydrogen) atoms. The average Bonchev–Trinajstić information content (AvgIpc) is 2.45. The maximum Gasteiger partial charge on any atom is 0.317 e. The summed E-state index contributed by atoms with van der Waals surface area (Å²) in [5.74, 6) is -0.710. The van der Waals surface area contributed by atoms with Crippen molar-refractivity contribution in [1.82, 2.24) is 4.90 Å². The Morgan fingerprint density at radius 2 is 1.33 bits per heavy atom. The first-order valence-corrected chi connectivity index (χ1v) is 8.37. The molecule has 0 aliphatic rings. The van der Waals surface area contributed by atoms with Gasteiger partial charge in [0.15, 0.2) is 0 Å². The molecule has 0 heterocycles. The van der Waals surface area contributed by atoms with E-state index in [4.69, 9.17) is 5.11 Å². The highest BCUT2D eigenvalue weighted by Crippen LogP contribution is 2.06. The van der Waals surface area contributed by atoms with E-state index in [0.717, 1.165) is 38.8 Å². The molecule has 0 aromatic rings. The Morgan fingerprint density at radius 1 is 0.857 bits per heavy atom. The van der Waals surface area contributed by atoms with E-state index in [1.807, 2.05) is 13.8 Å². The monoisotopic (exact) mass is 295 g/mol. The van der Waals surface area contributed by atoms with Crippen LogP contribution < -0.4 is 0 Å². The van der Waals surface area contributed by atoms with Gasteiger partial charge in [-0.2, -0.15) is 0 Å². The van der Waals surface area contributed by atoms with Gasteiger partial charge in [-0.05, 0) is 65.5 Å². The number of allylic oxidation sites excluding steroid dienone is 4. The van der Waals surface area contributed by atoms with E-state index < -0.39 is 5.97 Å². The van der Waals surface area contributed by atoms with E-state index in [0.29, 0.717) is 0 Å². The zero-order valence-corrected chi connectivity index (χ0v) is 13.9. The van der Waals surface area contributed by atoms with Crippen molar-refractivity contribution in [3.05, 3.63) is 24.3 Å². The highest BCUT2D eigenvalue weighted by atomic mass is 16.4.